The minimum atomic E-state index is -0.378. The fourth-order valence-corrected chi connectivity index (χ4v) is 7.58. The van der Waals surface area contributed by atoms with E-state index in [0.29, 0.717) is 18.9 Å². The number of rotatable bonds is 10. The smallest absolute Gasteiger partial charge is 0.246 e. The van der Waals surface area contributed by atoms with Crippen LogP contribution in [0, 0.1) is 5.82 Å². The first-order chi connectivity index (χ1) is 22.5. The highest BCUT2D eigenvalue weighted by atomic mass is 32.1. The number of methoxy groups -OCH3 is 1. The first kappa shape index (κ1) is 30.3. The van der Waals surface area contributed by atoms with E-state index in [1.54, 1.807) is 24.5 Å². The summed E-state index contributed by atoms with van der Waals surface area (Å²) in [6.45, 7) is 7.45. The summed E-state index contributed by atoms with van der Waals surface area (Å²) in [5, 5.41) is 11.3. The van der Waals surface area contributed by atoms with Crippen molar-refractivity contribution in [3.8, 4) is 39.4 Å². The van der Waals surface area contributed by atoms with Crippen molar-refractivity contribution in [2.24, 2.45) is 0 Å². The number of nitrogens with zero attached hydrogens (tertiary/aromatic N) is 4. The molecule has 0 radical (unpaired) electrons. The van der Waals surface area contributed by atoms with Gasteiger partial charge in [0.25, 0.3) is 0 Å². The monoisotopic (exact) mass is 637 g/mol. The van der Waals surface area contributed by atoms with Gasteiger partial charge in [0.2, 0.25) is 5.91 Å². The first-order valence-electron chi connectivity index (χ1n) is 15.7. The molecule has 1 amide bonds. The lowest BCUT2D eigenvalue weighted by atomic mass is 9.93. The van der Waals surface area contributed by atoms with Crippen molar-refractivity contribution in [1.29, 1.82) is 0 Å². The van der Waals surface area contributed by atoms with E-state index in [0.717, 1.165) is 82.6 Å². The molecule has 5 heterocycles. The van der Waals surface area contributed by atoms with E-state index in [1.165, 1.54) is 29.3 Å². The molecule has 2 aliphatic rings. The zero-order chi connectivity index (χ0) is 31.6. The molecule has 10 heteroatoms. The first-order valence-corrected chi connectivity index (χ1v) is 16.5. The van der Waals surface area contributed by atoms with Crippen LogP contribution in [0.2, 0.25) is 0 Å². The van der Waals surface area contributed by atoms with Crippen LogP contribution in [0.25, 0.3) is 43.7 Å². The molecule has 5 aromatic rings. The number of benzene rings is 2. The number of likely N-dealkylation sites (tertiary alicyclic amines) is 1. The summed E-state index contributed by atoms with van der Waals surface area (Å²) in [4.78, 5) is 19.7. The van der Waals surface area contributed by atoms with Gasteiger partial charge in [-0.05, 0) is 72.7 Å². The standard InChI is InChI=1S/C36H36FN5O3S/c1-3-32(43)42-13-4-5-28(42)22-41-21-26(20-39-41)35-33(29-9-8-27(37)18-31(29)45-15-14-44-2)36-30(11-16-46-36)34(40-35)24-6-7-25-19-38-12-10-23(25)17-24/h3,6-9,11,16-18,20-21,28,38H,1,4-5,10,12-15,19,22H2,2H3. The van der Waals surface area contributed by atoms with Gasteiger partial charge in [-0.2, -0.15) is 5.10 Å². The Labute approximate surface area is 271 Å². The van der Waals surface area contributed by atoms with Gasteiger partial charge in [0.05, 0.1) is 36.8 Å². The van der Waals surface area contributed by atoms with E-state index < -0.39 is 0 Å². The van der Waals surface area contributed by atoms with E-state index in [9.17, 15) is 9.18 Å². The number of amides is 1. The lowest BCUT2D eigenvalue weighted by Gasteiger charge is -2.23. The molecule has 1 unspecified atom stereocenters. The lowest BCUT2D eigenvalue weighted by Crippen LogP contribution is -2.37. The van der Waals surface area contributed by atoms with Crippen LogP contribution in [0.1, 0.15) is 24.0 Å². The van der Waals surface area contributed by atoms with Gasteiger partial charge in [0.15, 0.2) is 0 Å². The predicted octanol–water partition coefficient (Wildman–Crippen LogP) is 6.48. The molecule has 1 N–H and O–H groups in total. The molecule has 0 saturated carbocycles. The number of thiophene rings is 1. The highest BCUT2D eigenvalue weighted by Crippen LogP contribution is 2.46. The second-order valence-electron chi connectivity index (χ2n) is 11.7. The summed E-state index contributed by atoms with van der Waals surface area (Å²) in [5.74, 6) is 0.00167. The average Bonchev–Trinajstić information content (AvgIpc) is 3.86. The number of halogens is 1. The third kappa shape index (κ3) is 5.84. The molecule has 3 aromatic heterocycles. The van der Waals surface area contributed by atoms with Gasteiger partial charge < -0.3 is 19.7 Å². The second-order valence-corrected chi connectivity index (χ2v) is 12.6. The molecule has 46 heavy (non-hydrogen) atoms. The topological polar surface area (TPSA) is 81.5 Å². The number of carbonyl (C=O) groups excluding carboxylic acids is 1. The zero-order valence-electron chi connectivity index (χ0n) is 25.8. The van der Waals surface area contributed by atoms with E-state index in [2.05, 4.69) is 41.5 Å². The van der Waals surface area contributed by atoms with Crippen molar-refractivity contribution in [3.63, 3.8) is 0 Å². The van der Waals surface area contributed by atoms with Gasteiger partial charge in [-0.25, -0.2) is 9.37 Å². The number of aromatic nitrogens is 3. The molecule has 0 spiro atoms. The summed E-state index contributed by atoms with van der Waals surface area (Å²) < 4.78 is 28.8. The van der Waals surface area contributed by atoms with Gasteiger partial charge in [-0.15, -0.1) is 11.3 Å². The largest absolute Gasteiger partial charge is 0.490 e. The molecule has 0 bridgehead atoms. The molecule has 8 nitrogen and oxygen atoms in total. The number of ether oxygens (including phenoxy) is 2. The normalized spacial score (nSPS) is 16.1. The Morgan fingerprint density at radius 3 is 2.93 bits per heavy atom. The fraction of sp³-hybridized carbons (Fsp3) is 0.306. The maximum atomic E-state index is 14.6. The van der Waals surface area contributed by atoms with Crippen LogP contribution in [0.3, 0.4) is 0 Å². The highest BCUT2D eigenvalue weighted by Gasteiger charge is 2.28. The maximum Gasteiger partial charge on any atom is 0.246 e. The van der Waals surface area contributed by atoms with Crippen LogP contribution in [-0.4, -0.2) is 65.0 Å². The van der Waals surface area contributed by atoms with Crippen LogP contribution in [-0.2, 0) is 29.0 Å². The van der Waals surface area contributed by atoms with Crippen molar-refractivity contribution in [1.82, 2.24) is 25.0 Å². The SMILES string of the molecule is C=CC(=O)N1CCCC1Cn1cc(-c2nc(-c3ccc4c(c3)CCNC4)c3ccsc3c2-c2ccc(F)cc2OCCOC)cn1. The van der Waals surface area contributed by atoms with Crippen molar-refractivity contribution >= 4 is 27.3 Å². The van der Waals surface area contributed by atoms with Crippen molar-refractivity contribution in [2.45, 2.75) is 38.4 Å². The predicted molar refractivity (Wildman–Crippen MR) is 179 cm³/mol. The number of carbonyl (C=O) groups is 1. The highest BCUT2D eigenvalue weighted by molar-refractivity contribution is 7.18. The van der Waals surface area contributed by atoms with E-state index in [-0.39, 0.29) is 24.4 Å². The summed E-state index contributed by atoms with van der Waals surface area (Å²) >= 11 is 1.63. The van der Waals surface area contributed by atoms with Crippen molar-refractivity contribution < 1.29 is 18.7 Å². The summed E-state index contributed by atoms with van der Waals surface area (Å²) in [6, 6.07) is 13.4. The molecule has 7 rings (SSSR count). The molecule has 1 atom stereocenters. The summed E-state index contributed by atoms with van der Waals surface area (Å²) in [7, 11) is 1.61. The quantitative estimate of drug-likeness (QED) is 0.140. The van der Waals surface area contributed by atoms with E-state index in [4.69, 9.17) is 19.6 Å². The van der Waals surface area contributed by atoms with E-state index in [1.807, 2.05) is 22.0 Å². The zero-order valence-corrected chi connectivity index (χ0v) is 26.6. The number of fused-ring (bicyclic) bond motifs is 2. The fourth-order valence-electron chi connectivity index (χ4n) is 6.62. The maximum absolute atomic E-state index is 14.6. The molecule has 0 aliphatic carbocycles. The Morgan fingerprint density at radius 2 is 2.07 bits per heavy atom. The summed E-state index contributed by atoms with van der Waals surface area (Å²) in [6.07, 6.45) is 8.05. The lowest BCUT2D eigenvalue weighted by molar-refractivity contribution is -0.127. The molecule has 1 saturated heterocycles. The Morgan fingerprint density at radius 1 is 1.15 bits per heavy atom. The number of pyridine rings is 1. The van der Waals surface area contributed by atoms with Gasteiger partial charge in [-0.1, -0.05) is 18.7 Å². The number of hydrogen-bond donors (Lipinski definition) is 1. The average molecular weight is 638 g/mol. The molecular weight excluding hydrogens is 601 g/mol. The van der Waals surface area contributed by atoms with Gasteiger partial charge >= 0.3 is 0 Å². The Bertz CT molecular complexity index is 1920. The number of nitrogens with one attached hydrogen (secondary N) is 1. The van der Waals surface area contributed by atoms with Gasteiger partial charge in [0.1, 0.15) is 18.2 Å². The molecular formula is C36H36FN5O3S. The van der Waals surface area contributed by atoms with Gasteiger partial charge in [-0.3, -0.25) is 9.48 Å². The van der Waals surface area contributed by atoms with Crippen LogP contribution >= 0.6 is 11.3 Å². The number of hydrogen-bond acceptors (Lipinski definition) is 7. The molecule has 2 aliphatic heterocycles. The molecule has 2 aromatic carbocycles. The van der Waals surface area contributed by atoms with Crippen LogP contribution in [0.15, 0.2) is 72.9 Å². The van der Waals surface area contributed by atoms with Crippen molar-refractivity contribution in [2.75, 3.05) is 33.4 Å². The Kier molecular flexibility index (Phi) is 8.66. The third-order valence-corrected chi connectivity index (χ3v) is 9.80. The molecule has 1 fully saturated rings. The van der Waals surface area contributed by atoms with Crippen LogP contribution < -0.4 is 10.1 Å². The minimum absolute atomic E-state index is 0.0453. The Balaban J connectivity index is 1.38. The van der Waals surface area contributed by atoms with Crippen molar-refractivity contribution in [3.05, 3.63) is 89.8 Å². The van der Waals surface area contributed by atoms with Crippen LogP contribution in [0.5, 0.6) is 5.75 Å². The third-order valence-electron chi connectivity index (χ3n) is 8.87. The Hall–Kier alpha value is -4.38. The minimum Gasteiger partial charge on any atom is -0.490 e. The molecule has 236 valence electrons. The van der Waals surface area contributed by atoms with Crippen LogP contribution in [0.4, 0.5) is 4.39 Å². The van der Waals surface area contributed by atoms with E-state index >= 15 is 0 Å². The van der Waals surface area contributed by atoms with Gasteiger partial charge in [0, 0.05) is 64.8 Å². The summed E-state index contributed by atoms with van der Waals surface area (Å²) in [5.41, 5.74) is 7.80. The second kappa shape index (κ2) is 13.2.